The third kappa shape index (κ3) is 2.91. The summed E-state index contributed by atoms with van der Waals surface area (Å²) in [5, 5.41) is 20.2. The van der Waals surface area contributed by atoms with Crippen LogP contribution in [-0.4, -0.2) is 5.11 Å². The fraction of sp³-hybridized carbons (Fsp3) is 0.533. The van der Waals surface area contributed by atoms with Crippen molar-refractivity contribution in [1.82, 2.24) is 0 Å². The normalized spacial score (nSPS) is 28.7. The summed E-state index contributed by atoms with van der Waals surface area (Å²) in [5.41, 5.74) is -0.426. The molecule has 1 unspecified atom stereocenters. The quantitative estimate of drug-likeness (QED) is 0.881. The first-order valence-corrected chi connectivity index (χ1v) is 6.90. The molecule has 1 saturated carbocycles. The molecule has 0 aromatic heterocycles. The van der Waals surface area contributed by atoms with Gasteiger partial charge in [0.15, 0.2) is 0 Å². The van der Waals surface area contributed by atoms with Gasteiger partial charge in [-0.15, -0.1) is 0 Å². The van der Waals surface area contributed by atoms with E-state index in [1.165, 1.54) is 18.2 Å². The zero-order valence-corrected chi connectivity index (χ0v) is 11.6. The van der Waals surface area contributed by atoms with E-state index in [9.17, 15) is 14.8 Å². The van der Waals surface area contributed by atoms with Gasteiger partial charge in [0, 0.05) is 5.02 Å². The minimum absolute atomic E-state index is 0.242. The highest BCUT2D eigenvalue weighted by Gasteiger charge is 2.41. The van der Waals surface area contributed by atoms with E-state index in [0.29, 0.717) is 24.3 Å². The van der Waals surface area contributed by atoms with Gasteiger partial charge < -0.3 is 5.11 Å². The van der Waals surface area contributed by atoms with Crippen LogP contribution in [0.3, 0.4) is 0 Å². The standard InChI is InChI=1S/C15H17ClFNO/c1-10-2-4-15(9-18,5-3-10)14(19)11-6-12(16)8-13(17)7-11/h6-8,10,14,19H,2-5H2,1H3. The van der Waals surface area contributed by atoms with Crippen LogP contribution in [-0.2, 0) is 0 Å². The minimum atomic E-state index is -0.988. The maximum absolute atomic E-state index is 13.4. The third-order valence-electron chi connectivity index (χ3n) is 4.11. The minimum Gasteiger partial charge on any atom is -0.387 e. The van der Waals surface area contributed by atoms with E-state index in [2.05, 4.69) is 13.0 Å². The highest BCUT2D eigenvalue weighted by Crippen LogP contribution is 2.47. The van der Waals surface area contributed by atoms with Gasteiger partial charge in [0.2, 0.25) is 0 Å². The van der Waals surface area contributed by atoms with E-state index in [-0.39, 0.29) is 5.02 Å². The number of hydrogen-bond acceptors (Lipinski definition) is 2. The maximum atomic E-state index is 13.4. The SMILES string of the molecule is CC1CCC(C#N)(C(O)c2cc(F)cc(Cl)c2)CC1. The highest BCUT2D eigenvalue weighted by atomic mass is 35.5. The summed E-state index contributed by atoms with van der Waals surface area (Å²) in [7, 11) is 0. The summed E-state index contributed by atoms with van der Waals surface area (Å²) < 4.78 is 13.4. The van der Waals surface area contributed by atoms with Crippen molar-refractivity contribution in [1.29, 1.82) is 5.26 Å². The molecule has 0 spiro atoms. The average molecular weight is 282 g/mol. The van der Waals surface area contributed by atoms with E-state index >= 15 is 0 Å². The van der Waals surface area contributed by atoms with E-state index in [1.807, 2.05) is 0 Å². The topological polar surface area (TPSA) is 44.0 Å². The first-order valence-electron chi connectivity index (χ1n) is 6.52. The summed E-state index contributed by atoms with van der Waals surface area (Å²) in [5.74, 6) is 0.0867. The van der Waals surface area contributed by atoms with Gasteiger partial charge in [0.1, 0.15) is 5.82 Å². The molecule has 1 aliphatic rings. The van der Waals surface area contributed by atoms with Gasteiger partial charge >= 0.3 is 0 Å². The molecule has 0 bridgehead atoms. The molecule has 1 N–H and O–H groups in total. The van der Waals surface area contributed by atoms with Gasteiger partial charge in [-0.25, -0.2) is 4.39 Å². The average Bonchev–Trinajstić information content (AvgIpc) is 2.38. The van der Waals surface area contributed by atoms with E-state index in [0.717, 1.165) is 12.8 Å². The number of aliphatic hydroxyl groups excluding tert-OH is 1. The summed E-state index contributed by atoms with van der Waals surface area (Å²) >= 11 is 5.81. The Morgan fingerprint density at radius 2 is 2.05 bits per heavy atom. The molecule has 102 valence electrons. The molecule has 0 amide bonds. The second-order valence-electron chi connectivity index (χ2n) is 5.56. The second kappa shape index (κ2) is 5.48. The Labute approximate surface area is 117 Å². The number of hydrogen-bond donors (Lipinski definition) is 1. The van der Waals surface area contributed by atoms with E-state index in [4.69, 9.17) is 11.6 Å². The monoisotopic (exact) mass is 281 g/mol. The smallest absolute Gasteiger partial charge is 0.125 e. The Balaban J connectivity index is 2.31. The molecule has 4 heteroatoms. The lowest BCUT2D eigenvalue weighted by molar-refractivity contribution is 0.0264. The number of benzene rings is 1. The third-order valence-corrected chi connectivity index (χ3v) is 4.33. The lowest BCUT2D eigenvalue weighted by Crippen LogP contribution is -2.32. The van der Waals surface area contributed by atoms with Gasteiger partial charge in [-0.3, -0.25) is 0 Å². The highest BCUT2D eigenvalue weighted by molar-refractivity contribution is 6.30. The van der Waals surface area contributed by atoms with Crippen molar-refractivity contribution in [2.75, 3.05) is 0 Å². The molecule has 1 atom stereocenters. The van der Waals surface area contributed by atoms with Crippen LogP contribution in [0.5, 0.6) is 0 Å². The summed E-state index contributed by atoms with van der Waals surface area (Å²) in [6, 6.07) is 6.25. The van der Waals surface area contributed by atoms with Crippen LogP contribution in [0.15, 0.2) is 18.2 Å². The largest absolute Gasteiger partial charge is 0.387 e. The molecule has 0 aliphatic heterocycles. The van der Waals surface area contributed by atoms with Crippen LogP contribution >= 0.6 is 11.6 Å². The van der Waals surface area contributed by atoms with E-state index in [1.54, 1.807) is 0 Å². The van der Waals surface area contributed by atoms with Crippen molar-refractivity contribution < 1.29 is 9.50 Å². The lowest BCUT2D eigenvalue weighted by atomic mass is 9.67. The molecule has 0 saturated heterocycles. The van der Waals surface area contributed by atoms with Gasteiger partial charge in [-0.1, -0.05) is 18.5 Å². The number of halogens is 2. The van der Waals surface area contributed by atoms with Gasteiger partial charge in [-0.2, -0.15) is 5.26 Å². The van der Waals surface area contributed by atoms with Crippen molar-refractivity contribution in [3.05, 3.63) is 34.6 Å². The fourth-order valence-corrected chi connectivity index (χ4v) is 3.01. The zero-order chi connectivity index (χ0) is 14.0. The first-order chi connectivity index (χ1) is 8.97. The number of nitrogens with zero attached hydrogens (tertiary/aromatic N) is 1. The molecular weight excluding hydrogens is 265 g/mol. The van der Waals surface area contributed by atoms with Crippen LogP contribution < -0.4 is 0 Å². The predicted octanol–water partition coefficient (Wildman–Crippen LogP) is 4.23. The van der Waals surface area contributed by atoms with Crippen molar-refractivity contribution in [3.63, 3.8) is 0 Å². The number of aliphatic hydroxyl groups is 1. The summed E-state index contributed by atoms with van der Waals surface area (Å²) in [6.45, 7) is 2.15. The van der Waals surface area contributed by atoms with Crippen molar-refractivity contribution in [2.45, 2.75) is 38.7 Å². The molecule has 1 aromatic carbocycles. The molecule has 1 aromatic rings. The second-order valence-corrected chi connectivity index (χ2v) is 5.99. The fourth-order valence-electron chi connectivity index (χ4n) is 2.78. The van der Waals surface area contributed by atoms with Crippen molar-refractivity contribution in [2.24, 2.45) is 11.3 Å². The van der Waals surface area contributed by atoms with Crippen LogP contribution in [0.25, 0.3) is 0 Å². The molecule has 2 nitrogen and oxygen atoms in total. The van der Waals surface area contributed by atoms with Crippen molar-refractivity contribution in [3.8, 4) is 6.07 Å². The Bertz CT molecular complexity index is 483. The number of rotatable bonds is 2. The zero-order valence-electron chi connectivity index (χ0n) is 10.9. The Kier molecular flexibility index (Phi) is 4.13. The molecule has 0 heterocycles. The maximum Gasteiger partial charge on any atom is 0.125 e. The van der Waals surface area contributed by atoms with Crippen LogP contribution in [0, 0.1) is 28.5 Å². The number of nitriles is 1. The van der Waals surface area contributed by atoms with Gasteiger partial charge in [-0.05, 0) is 55.4 Å². The molecule has 1 aliphatic carbocycles. The first kappa shape index (κ1) is 14.3. The van der Waals surface area contributed by atoms with Crippen LogP contribution in [0.4, 0.5) is 4.39 Å². The molecule has 1 fully saturated rings. The van der Waals surface area contributed by atoms with Crippen LogP contribution in [0.1, 0.15) is 44.3 Å². The Morgan fingerprint density at radius 1 is 1.42 bits per heavy atom. The Morgan fingerprint density at radius 3 is 2.58 bits per heavy atom. The predicted molar refractivity (Wildman–Crippen MR) is 72.0 cm³/mol. The van der Waals surface area contributed by atoms with E-state index < -0.39 is 17.3 Å². The summed E-state index contributed by atoms with van der Waals surface area (Å²) in [4.78, 5) is 0. The molecule has 19 heavy (non-hydrogen) atoms. The Hall–Kier alpha value is -1.11. The summed E-state index contributed by atoms with van der Waals surface area (Å²) in [6.07, 6.45) is 2.11. The lowest BCUT2D eigenvalue weighted by Gasteiger charge is -2.37. The molecular formula is C15H17ClFNO. The molecule has 0 radical (unpaired) electrons. The van der Waals surface area contributed by atoms with Crippen LogP contribution in [0.2, 0.25) is 5.02 Å². The van der Waals surface area contributed by atoms with Gasteiger partial charge in [0.05, 0.1) is 17.6 Å². The van der Waals surface area contributed by atoms with Gasteiger partial charge in [0.25, 0.3) is 0 Å². The molecule has 2 rings (SSSR count). The van der Waals surface area contributed by atoms with Crippen molar-refractivity contribution >= 4 is 11.6 Å².